The number of aliphatic hydroxyl groups is 1. The van der Waals surface area contributed by atoms with Gasteiger partial charge >= 0.3 is 5.97 Å². The van der Waals surface area contributed by atoms with E-state index in [9.17, 15) is 9.90 Å². The largest absolute Gasteiger partial charge is 0.463 e. The van der Waals surface area contributed by atoms with Crippen molar-refractivity contribution in [1.82, 2.24) is 4.90 Å². The van der Waals surface area contributed by atoms with Crippen molar-refractivity contribution in [2.75, 3.05) is 26.7 Å². The van der Waals surface area contributed by atoms with Crippen molar-refractivity contribution in [3.63, 3.8) is 0 Å². The van der Waals surface area contributed by atoms with Gasteiger partial charge in [-0.05, 0) is 31.1 Å². The first-order chi connectivity index (χ1) is 11.6. The van der Waals surface area contributed by atoms with Crippen LogP contribution in [0.3, 0.4) is 0 Å². The Morgan fingerprint density at radius 1 is 1.12 bits per heavy atom. The lowest BCUT2D eigenvalue weighted by molar-refractivity contribution is -0.163. The number of hydrogen-bond donors (Lipinski definition) is 1. The molecule has 0 aromatic heterocycles. The number of esters is 1. The third-order valence-electron chi connectivity index (χ3n) is 4.62. The molecule has 1 aliphatic heterocycles. The van der Waals surface area contributed by atoms with E-state index in [0.717, 1.165) is 19.5 Å². The molecule has 1 saturated heterocycles. The highest BCUT2D eigenvalue weighted by molar-refractivity contribution is 5.85. The highest BCUT2D eigenvalue weighted by Gasteiger charge is 2.42. The van der Waals surface area contributed by atoms with Crippen molar-refractivity contribution in [3.8, 4) is 0 Å². The van der Waals surface area contributed by atoms with E-state index in [-0.39, 0.29) is 0 Å². The standard InChI is InChI=1S/C20H23NO3/c1-21-13-12-16(14-21)15-24-19(22)20(23,17-8-4-2-5-9-17)18-10-6-3-7-11-18/h2-11,16,23H,12-15H2,1H3/t16-/m0/s1. The smallest absolute Gasteiger partial charge is 0.347 e. The van der Waals surface area contributed by atoms with Crippen LogP contribution in [0.25, 0.3) is 0 Å². The molecule has 1 atom stereocenters. The third-order valence-corrected chi connectivity index (χ3v) is 4.62. The van der Waals surface area contributed by atoms with Crippen LogP contribution in [0.1, 0.15) is 17.5 Å². The van der Waals surface area contributed by atoms with Crippen LogP contribution in [0.15, 0.2) is 60.7 Å². The number of carbonyl (C=O) groups excluding carboxylic acids is 1. The summed E-state index contributed by atoms with van der Waals surface area (Å²) in [5, 5.41) is 11.3. The van der Waals surface area contributed by atoms with Gasteiger partial charge in [0, 0.05) is 12.5 Å². The quantitative estimate of drug-likeness (QED) is 0.858. The summed E-state index contributed by atoms with van der Waals surface area (Å²) in [7, 11) is 2.06. The van der Waals surface area contributed by atoms with E-state index in [2.05, 4.69) is 11.9 Å². The summed E-state index contributed by atoms with van der Waals surface area (Å²) in [5.74, 6) is -0.288. The average molecular weight is 325 g/mol. The number of rotatable bonds is 5. The van der Waals surface area contributed by atoms with Crippen LogP contribution < -0.4 is 0 Å². The number of benzene rings is 2. The van der Waals surface area contributed by atoms with Gasteiger partial charge in [-0.1, -0.05) is 60.7 Å². The monoisotopic (exact) mass is 325 g/mol. The molecule has 0 bridgehead atoms. The zero-order chi connectivity index (χ0) is 17.0. The van der Waals surface area contributed by atoms with Crippen LogP contribution in [0.4, 0.5) is 0 Å². The fourth-order valence-corrected chi connectivity index (χ4v) is 3.22. The number of carbonyl (C=O) groups is 1. The molecule has 2 aromatic carbocycles. The van der Waals surface area contributed by atoms with Crippen molar-refractivity contribution < 1.29 is 14.6 Å². The van der Waals surface area contributed by atoms with Gasteiger partial charge in [0.25, 0.3) is 0 Å². The van der Waals surface area contributed by atoms with E-state index in [1.165, 1.54) is 0 Å². The second-order valence-electron chi connectivity index (χ2n) is 6.46. The predicted octanol–water partition coefficient (Wildman–Crippen LogP) is 2.42. The fraction of sp³-hybridized carbons (Fsp3) is 0.350. The highest BCUT2D eigenvalue weighted by atomic mass is 16.5. The molecule has 4 nitrogen and oxygen atoms in total. The van der Waals surface area contributed by atoms with E-state index in [1.807, 2.05) is 36.4 Å². The molecule has 1 heterocycles. The van der Waals surface area contributed by atoms with Gasteiger partial charge in [0.15, 0.2) is 0 Å². The highest BCUT2D eigenvalue weighted by Crippen LogP contribution is 2.31. The molecule has 0 unspecified atom stereocenters. The Bertz CT molecular complexity index is 632. The minimum Gasteiger partial charge on any atom is -0.463 e. The van der Waals surface area contributed by atoms with E-state index >= 15 is 0 Å². The molecule has 0 spiro atoms. The normalized spacial score (nSPS) is 18.5. The molecule has 2 aromatic rings. The third kappa shape index (κ3) is 3.35. The van der Waals surface area contributed by atoms with E-state index in [4.69, 9.17) is 4.74 Å². The van der Waals surface area contributed by atoms with Crippen molar-refractivity contribution in [2.24, 2.45) is 5.92 Å². The lowest BCUT2D eigenvalue weighted by Gasteiger charge is -2.27. The van der Waals surface area contributed by atoms with Gasteiger partial charge in [0.2, 0.25) is 5.60 Å². The van der Waals surface area contributed by atoms with Gasteiger partial charge in [-0.25, -0.2) is 4.79 Å². The molecule has 1 N–H and O–H groups in total. The van der Waals surface area contributed by atoms with E-state index < -0.39 is 11.6 Å². The fourth-order valence-electron chi connectivity index (χ4n) is 3.22. The summed E-state index contributed by atoms with van der Waals surface area (Å²) in [6, 6.07) is 17.9. The molecule has 0 amide bonds. The maximum atomic E-state index is 12.8. The number of ether oxygens (including phenoxy) is 1. The van der Waals surface area contributed by atoms with Crippen LogP contribution >= 0.6 is 0 Å². The second-order valence-corrected chi connectivity index (χ2v) is 6.46. The van der Waals surface area contributed by atoms with Crippen molar-refractivity contribution in [3.05, 3.63) is 71.8 Å². The van der Waals surface area contributed by atoms with Gasteiger partial charge in [-0.3, -0.25) is 0 Å². The molecule has 0 saturated carbocycles. The van der Waals surface area contributed by atoms with Gasteiger partial charge in [-0.15, -0.1) is 0 Å². The summed E-state index contributed by atoms with van der Waals surface area (Å²) >= 11 is 0. The van der Waals surface area contributed by atoms with E-state index in [1.54, 1.807) is 24.3 Å². The van der Waals surface area contributed by atoms with Crippen molar-refractivity contribution >= 4 is 5.97 Å². The zero-order valence-corrected chi connectivity index (χ0v) is 13.9. The first-order valence-electron chi connectivity index (χ1n) is 8.30. The Morgan fingerprint density at radius 2 is 1.67 bits per heavy atom. The molecular formula is C20H23NO3. The number of likely N-dealkylation sites (tertiary alicyclic amines) is 1. The summed E-state index contributed by atoms with van der Waals surface area (Å²) in [6.45, 7) is 2.28. The molecule has 1 aliphatic rings. The lowest BCUT2D eigenvalue weighted by Crippen LogP contribution is -2.39. The van der Waals surface area contributed by atoms with Crippen molar-refractivity contribution in [2.45, 2.75) is 12.0 Å². The van der Waals surface area contributed by atoms with Gasteiger partial charge in [-0.2, -0.15) is 0 Å². The Kier molecular flexibility index (Phi) is 4.97. The molecule has 0 aliphatic carbocycles. The van der Waals surface area contributed by atoms with Gasteiger partial charge in [0.1, 0.15) is 0 Å². The average Bonchev–Trinajstić information content (AvgIpc) is 3.05. The summed E-state index contributed by atoms with van der Waals surface area (Å²) in [5.41, 5.74) is -0.748. The Labute approximate surface area is 142 Å². The van der Waals surface area contributed by atoms with Crippen molar-refractivity contribution in [1.29, 1.82) is 0 Å². The second kappa shape index (κ2) is 7.16. The predicted molar refractivity (Wildman–Crippen MR) is 92.4 cm³/mol. The minimum atomic E-state index is -1.78. The first-order valence-corrected chi connectivity index (χ1v) is 8.30. The van der Waals surface area contributed by atoms with Gasteiger partial charge in [0.05, 0.1) is 6.61 Å². The van der Waals surface area contributed by atoms with Gasteiger partial charge < -0.3 is 14.7 Å². The molecule has 0 radical (unpaired) electrons. The summed E-state index contributed by atoms with van der Waals surface area (Å²) in [6.07, 6.45) is 1.01. The molecule has 4 heteroatoms. The van der Waals surface area contributed by atoms with Crippen LogP contribution in [0.2, 0.25) is 0 Å². The van der Waals surface area contributed by atoms with Crippen LogP contribution in [-0.2, 0) is 15.1 Å². The molecule has 24 heavy (non-hydrogen) atoms. The lowest BCUT2D eigenvalue weighted by atomic mass is 9.86. The Morgan fingerprint density at radius 3 is 2.12 bits per heavy atom. The van der Waals surface area contributed by atoms with Crippen LogP contribution in [-0.4, -0.2) is 42.7 Å². The molecular weight excluding hydrogens is 302 g/mol. The Balaban J connectivity index is 1.83. The zero-order valence-electron chi connectivity index (χ0n) is 13.9. The molecule has 126 valence electrons. The van der Waals surface area contributed by atoms with Crippen LogP contribution in [0.5, 0.6) is 0 Å². The first kappa shape index (κ1) is 16.7. The summed E-state index contributed by atoms with van der Waals surface area (Å²) in [4.78, 5) is 15.0. The molecule has 3 rings (SSSR count). The maximum Gasteiger partial charge on any atom is 0.347 e. The van der Waals surface area contributed by atoms with Crippen LogP contribution in [0, 0.1) is 5.92 Å². The Hall–Kier alpha value is -2.17. The SMILES string of the molecule is CN1CC[C@H](COC(=O)C(O)(c2ccccc2)c2ccccc2)C1. The van der Waals surface area contributed by atoms with E-state index in [0.29, 0.717) is 23.7 Å². The number of hydrogen-bond acceptors (Lipinski definition) is 4. The minimum absolute atomic E-state index is 0.328. The summed E-state index contributed by atoms with van der Waals surface area (Å²) < 4.78 is 5.53. The molecule has 1 fully saturated rings. The number of nitrogens with zero attached hydrogens (tertiary/aromatic N) is 1. The topological polar surface area (TPSA) is 49.8 Å². The maximum absolute atomic E-state index is 12.8.